The molecule has 6 heteroatoms. The van der Waals surface area contributed by atoms with Crippen molar-refractivity contribution in [2.45, 2.75) is 25.8 Å². The Morgan fingerprint density at radius 1 is 1.26 bits per heavy atom. The summed E-state index contributed by atoms with van der Waals surface area (Å²) in [5.74, 6) is -2.16. The molecule has 2 amide bonds. The van der Waals surface area contributed by atoms with E-state index in [1.807, 2.05) is 0 Å². The molecule has 0 aliphatic heterocycles. The van der Waals surface area contributed by atoms with Crippen LogP contribution >= 0.6 is 0 Å². The maximum Gasteiger partial charge on any atom is 0.326 e. The summed E-state index contributed by atoms with van der Waals surface area (Å²) in [7, 11) is 0. The van der Waals surface area contributed by atoms with Gasteiger partial charge in [0, 0.05) is 19.0 Å². The van der Waals surface area contributed by atoms with Crippen LogP contribution in [-0.2, 0) is 14.4 Å². The van der Waals surface area contributed by atoms with E-state index in [4.69, 9.17) is 5.73 Å². The van der Waals surface area contributed by atoms with Crippen LogP contribution in [0.5, 0.6) is 0 Å². The number of para-hydroxylation sites is 1. The quantitative estimate of drug-likeness (QED) is 0.792. The molecule has 0 heterocycles. The Kier molecular flexibility index (Phi) is 5.05. The van der Waals surface area contributed by atoms with Gasteiger partial charge in [0.05, 0.1) is 0 Å². The molecule has 1 aromatic carbocycles. The molecule has 19 heavy (non-hydrogen) atoms. The van der Waals surface area contributed by atoms with Crippen LogP contribution in [0.2, 0.25) is 0 Å². The molecule has 0 spiro atoms. The molecule has 0 aromatic heterocycles. The summed E-state index contributed by atoms with van der Waals surface area (Å²) in [6, 6.07) is 7.35. The highest BCUT2D eigenvalue weighted by Crippen LogP contribution is 2.19. The van der Waals surface area contributed by atoms with Crippen molar-refractivity contribution >= 4 is 23.5 Å². The summed E-state index contributed by atoms with van der Waals surface area (Å²) in [6.45, 7) is 1.28. The summed E-state index contributed by atoms with van der Waals surface area (Å²) in [5, 5.41) is 9.22. The minimum atomic E-state index is -1.17. The highest BCUT2D eigenvalue weighted by molar-refractivity contribution is 5.98. The largest absolute Gasteiger partial charge is 0.480 e. The molecule has 0 aliphatic carbocycles. The number of rotatable bonds is 6. The van der Waals surface area contributed by atoms with Gasteiger partial charge in [-0.3, -0.25) is 14.5 Å². The number of carboxylic acids is 1. The molecule has 1 rings (SSSR count). The summed E-state index contributed by atoms with van der Waals surface area (Å²) in [6.07, 6.45) is -0.104. The standard InChI is InChI=1S/C13H16N2O4/c1-9(16)15(10-5-3-2-4-6-10)11(13(18)19)7-8-12(14)17/h2-6,11H,7-8H2,1H3,(H2,14,17)(H,18,19). The summed E-state index contributed by atoms with van der Waals surface area (Å²) in [5.41, 5.74) is 5.50. The van der Waals surface area contributed by atoms with E-state index < -0.39 is 23.8 Å². The van der Waals surface area contributed by atoms with Crippen LogP contribution in [0.4, 0.5) is 5.69 Å². The third-order valence-electron chi connectivity index (χ3n) is 2.63. The first kappa shape index (κ1) is 14.7. The molecule has 0 saturated heterocycles. The zero-order chi connectivity index (χ0) is 14.4. The van der Waals surface area contributed by atoms with Crippen LogP contribution in [0.15, 0.2) is 30.3 Å². The number of carboxylic acid groups (broad SMARTS) is 1. The Bertz CT molecular complexity index is 473. The van der Waals surface area contributed by atoms with Crippen LogP contribution in [0.1, 0.15) is 19.8 Å². The lowest BCUT2D eigenvalue weighted by Gasteiger charge is -2.27. The van der Waals surface area contributed by atoms with E-state index in [0.717, 1.165) is 4.90 Å². The van der Waals surface area contributed by atoms with E-state index in [9.17, 15) is 19.5 Å². The Morgan fingerprint density at radius 3 is 2.26 bits per heavy atom. The van der Waals surface area contributed by atoms with Gasteiger partial charge in [0.15, 0.2) is 0 Å². The fourth-order valence-corrected chi connectivity index (χ4v) is 1.81. The molecule has 102 valence electrons. The first-order valence-electron chi connectivity index (χ1n) is 5.79. The number of nitrogens with two attached hydrogens (primary N) is 1. The van der Waals surface area contributed by atoms with Crippen molar-refractivity contribution in [3.63, 3.8) is 0 Å². The molecule has 1 unspecified atom stereocenters. The average Bonchev–Trinajstić information content (AvgIpc) is 2.34. The average molecular weight is 264 g/mol. The molecule has 1 atom stereocenters. The second-order valence-corrected chi connectivity index (χ2v) is 4.08. The molecular formula is C13H16N2O4. The van der Waals surface area contributed by atoms with E-state index in [0.29, 0.717) is 5.69 Å². The number of carbonyl (C=O) groups excluding carboxylic acids is 2. The van der Waals surface area contributed by atoms with Gasteiger partial charge in [0.1, 0.15) is 6.04 Å². The molecule has 1 aromatic rings. The number of amides is 2. The fourth-order valence-electron chi connectivity index (χ4n) is 1.81. The highest BCUT2D eigenvalue weighted by Gasteiger charge is 2.29. The minimum absolute atomic E-state index is 0.0147. The summed E-state index contributed by atoms with van der Waals surface area (Å²) in [4.78, 5) is 34.9. The van der Waals surface area contributed by atoms with Crippen LogP contribution in [-0.4, -0.2) is 28.9 Å². The lowest BCUT2D eigenvalue weighted by atomic mass is 10.1. The minimum Gasteiger partial charge on any atom is -0.480 e. The second kappa shape index (κ2) is 6.53. The summed E-state index contributed by atoms with van der Waals surface area (Å²) >= 11 is 0. The highest BCUT2D eigenvalue weighted by atomic mass is 16.4. The van der Waals surface area contributed by atoms with Gasteiger partial charge < -0.3 is 10.8 Å². The smallest absolute Gasteiger partial charge is 0.326 e. The van der Waals surface area contributed by atoms with Crippen LogP contribution in [0, 0.1) is 0 Å². The predicted octanol–water partition coefficient (Wildman–Crippen LogP) is 0.758. The Hall–Kier alpha value is -2.37. The van der Waals surface area contributed by atoms with Gasteiger partial charge in [0.2, 0.25) is 11.8 Å². The molecule has 0 aliphatic rings. The van der Waals surface area contributed by atoms with Gasteiger partial charge >= 0.3 is 5.97 Å². The van der Waals surface area contributed by atoms with Gasteiger partial charge in [-0.05, 0) is 18.6 Å². The number of nitrogens with zero attached hydrogens (tertiary/aromatic N) is 1. The number of carbonyl (C=O) groups is 3. The lowest BCUT2D eigenvalue weighted by molar-refractivity contribution is -0.140. The molecule has 0 bridgehead atoms. The van der Waals surface area contributed by atoms with E-state index >= 15 is 0 Å². The number of hydrogen-bond donors (Lipinski definition) is 2. The van der Waals surface area contributed by atoms with Crippen LogP contribution in [0.25, 0.3) is 0 Å². The first-order valence-corrected chi connectivity index (χ1v) is 5.79. The van der Waals surface area contributed by atoms with Crippen LogP contribution < -0.4 is 10.6 Å². The van der Waals surface area contributed by atoms with Crippen LogP contribution in [0.3, 0.4) is 0 Å². The summed E-state index contributed by atoms with van der Waals surface area (Å²) < 4.78 is 0. The van der Waals surface area contributed by atoms with Crippen molar-refractivity contribution in [3.05, 3.63) is 30.3 Å². The molecule has 6 nitrogen and oxygen atoms in total. The molecule has 0 saturated carbocycles. The SMILES string of the molecule is CC(=O)N(c1ccccc1)C(CCC(N)=O)C(=O)O. The normalized spacial score (nSPS) is 11.6. The van der Waals surface area contributed by atoms with E-state index in [-0.39, 0.29) is 12.8 Å². The zero-order valence-electron chi connectivity index (χ0n) is 10.6. The number of hydrogen-bond acceptors (Lipinski definition) is 3. The van der Waals surface area contributed by atoms with E-state index in [2.05, 4.69) is 0 Å². The van der Waals surface area contributed by atoms with Crippen molar-refractivity contribution in [1.82, 2.24) is 0 Å². The number of primary amides is 1. The van der Waals surface area contributed by atoms with Crippen molar-refractivity contribution in [2.24, 2.45) is 5.73 Å². The molecular weight excluding hydrogens is 248 g/mol. The predicted molar refractivity (Wildman–Crippen MR) is 69.5 cm³/mol. The maximum atomic E-state index is 11.7. The Balaban J connectivity index is 3.03. The van der Waals surface area contributed by atoms with E-state index in [1.54, 1.807) is 30.3 Å². The maximum absolute atomic E-state index is 11.7. The van der Waals surface area contributed by atoms with Crippen molar-refractivity contribution in [2.75, 3.05) is 4.90 Å². The Morgan fingerprint density at radius 2 is 1.84 bits per heavy atom. The Labute approximate surface area is 110 Å². The third kappa shape index (κ3) is 4.09. The van der Waals surface area contributed by atoms with Crippen molar-refractivity contribution in [1.29, 1.82) is 0 Å². The number of aliphatic carboxylic acids is 1. The molecule has 0 radical (unpaired) electrons. The third-order valence-corrected chi connectivity index (χ3v) is 2.63. The van der Waals surface area contributed by atoms with Gasteiger partial charge in [-0.2, -0.15) is 0 Å². The van der Waals surface area contributed by atoms with Gasteiger partial charge in [-0.25, -0.2) is 4.79 Å². The van der Waals surface area contributed by atoms with Crippen molar-refractivity contribution < 1.29 is 19.5 Å². The monoisotopic (exact) mass is 264 g/mol. The van der Waals surface area contributed by atoms with E-state index in [1.165, 1.54) is 6.92 Å². The number of anilines is 1. The molecule has 3 N–H and O–H groups in total. The van der Waals surface area contributed by atoms with Gasteiger partial charge in [-0.1, -0.05) is 18.2 Å². The van der Waals surface area contributed by atoms with Gasteiger partial charge in [-0.15, -0.1) is 0 Å². The van der Waals surface area contributed by atoms with Crippen molar-refractivity contribution in [3.8, 4) is 0 Å². The van der Waals surface area contributed by atoms with Gasteiger partial charge in [0.25, 0.3) is 0 Å². The first-order chi connectivity index (χ1) is 8.93. The zero-order valence-corrected chi connectivity index (χ0v) is 10.6. The molecule has 0 fully saturated rings. The fraction of sp³-hybridized carbons (Fsp3) is 0.308. The topological polar surface area (TPSA) is 101 Å². The second-order valence-electron chi connectivity index (χ2n) is 4.08. The number of benzene rings is 1. The lowest BCUT2D eigenvalue weighted by Crippen LogP contribution is -2.44.